The summed E-state index contributed by atoms with van der Waals surface area (Å²) in [5.41, 5.74) is 9.49. The van der Waals surface area contributed by atoms with Crippen molar-refractivity contribution in [2.45, 2.75) is 13.8 Å². The Bertz CT molecular complexity index is 3230. The third-order valence-corrected chi connectivity index (χ3v) is 14.7. The largest absolute Gasteiger partial charge is 0.507 e. The van der Waals surface area contributed by atoms with Crippen molar-refractivity contribution in [2.75, 3.05) is 0 Å². The zero-order chi connectivity index (χ0) is 39.9. The number of hydrogen-bond acceptors (Lipinski definition) is 5. The van der Waals surface area contributed by atoms with Crippen LogP contribution in [0.2, 0.25) is 0 Å². The van der Waals surface area contributed by atoms with Gasteiger partial charge in [-0.2, -0.15) is 0 Å². The predicted octanol–water partition coefficient (Wildman–Crippen LogP) is 13.7. The van der Waals surface area contributed by atoms with Gasteiger partial charge in [0.15, 0.2) is 11.6 Å². The number of aliphatic imine (C=N–C) groups is 3. The lowest BCUT2D eigenvalue weighted by Gasteiger charge is -2.14. The Kier molecular flexibility index (Phi) is 9.76. The minimum atomic E-state index is -0.643. The number of fused-ring (bicyclic) bond motifs is 6. The molecule has 0 aliphatic carbocycles. The fourth-order valence-electron chi connectivity index (χ4n) is 7.51. The van der Waals surface area contributed by atoms with Crippen molar-refractivity contribution >= 4 is 89.8 Å². The molecule has 0 spiro atoms. The van der Waals surface area contributed by atoms with Crippen LogP contribution < -0.4 is 0 Å². The fourth-order valence-corrected chi connectivity index (χ4v) is 11.5. The highest BCUT2D eigenvalue weighted by molar-refractivity contribution is 14.2. The summed E-state index contributed by atoms with van der Waals surface area (Å²) in [6.45, 7) is 3.98. The minimum absolute atomic E-state index is 0.121. The second kappa shape index (κ2) is 15.7. The van der Waals surface area contributed by atoms with Gasteiger partial charge in [-0.05, 0) is 54.8 Å². The molecule has 284 valence electrons. The van der Waals surface area contributed by atoms with E-state index < -0.39 is 20.7 Å². The Morgan fingerprint density at radius 2 is 1.34 bits per heavy atom. The highest BCUT2D eigenvalue weighted by Gasteiger charge is 2.25. The summed E-state index contributed by atoms with van der Waals surface area (Å²) in [6.07, 6.45) is 1.98. The number of allylic oxidation sites excluding steroid dienone is 1. The topological polar surface area (TPSA) is 70.5 Å². The Balaban J connectivity index is 1.04. The molecule has 0 bridgehead atoms. The molecular formula is C52H36IN3O2S. The molecule has 0 saturated carbocycles. The van der Waals surface area contributed by atoms with Crippen LogP contribution >= 0.6 is 32.1 Å². The molecule has 5 nitrogen and oxygen atoms in total. The first-order valence-corrected chi connectivity index (χ1v) is 22.4. The van der Waals surface area contributed by atoms with Crippen LogP contribution in [-0.2, 0) is 0 Å². The Morgan fingerprint density at radius 3 is 2.14 bits per heavy atom. The van der Waals surface area contributed by atoms with Crippen LogP contribution in [0.15, 0.2) is 195 Å². The first-order valence-electron chi connectivity index (χ1n) is 19.4. The highest BCUT2D eigenvalue weighted by atomic mass is 127. The van der Waals surface area contributed by atoms with Gasteiger partial charge in [-0.25, -0.2) is 15.0 Å². The van der Waals surface area contributed by atoms with Crippen molar-refractivity contribution in [3.63, 3.8) is 0 Å². The standard InChI is InChI=1S/C52H36IN3O2S/c1-3-43(34-15-6-4-7-16-34)55-52(54-32(2)37-29-30-40-39-19-11-13-24-45(39)59-46(40)31-37)42-22-14-21-38(49(42)57)33-25-27-36(28-26-33)51-53-47-41-20-10-12-23-44(41)58-50(47)48(56-51)35-17-8-5-9-18-35/h3-31,57H,1-2H3/b43-3-,54-32?,55-52?. The SMILES string of the molecule is C/C=C(\N=C(N=C(C)c1ccc2c(c1)sc1ccccc12)c1cccc(-c2ccc(C3=Ic4c(oc5ccccc45)C(c4ccccc4)=N3)cc2)c1O)c1ccccc1. The maximum Gasteiger partial charge on any atom is 0.167 e. The van der Waals surface area contributed by atoms with Crippen LogP contribution in [0.4, 0.5) is 0 Å². The number of para-hydroxylation sites is 2. The molecule has 9 aromatic rings. The van der Waals surface area contributed by atoms with E-state index in [1.54, 1.807) is 11.3 Å². The summed E-state index contributed by atoms with van der Waals surface area (Å²) in [6, 6.07) is 57.8. The number of furan rings is 1. The maximum absolute atomic E-state index is 12.1. The zero-order valence-corrected chi connectivity index (χ0v) is 35.2. The van der Waals surface area contributed by atoms with Crippen molar-refractivity contribution in [1.82, 2.24) is 0 Å². The third-order valence-electron chi connectivity index (χ3n) is 10.5. The second-order valence-electron chi connectivity index (χ2n) is 14.2. The van der Waals surface area contributed by atoms with E-state index in [9.17, 15) is 5.11 Å². The molecular weight excluding hydrogens is 858 g/mol. The summed E-state index contributed by atoms with van der Waals surface area (Å²) >= 11 is 1.14. The molecule has 2 aromatic heterocycles. The number of halogens is 1. The molecule has 0 fully saturated rings. The summed E-state index contributed by atoms with van der Waals surface area (Å²) < 4.78 is 11.2. The lowest BCUT2D eigenvalue weighted by Crippen LogP contribution is -2.11. The van der Waals surface area contributed by atoms with E-state index in [2.05, 4.69) is 91.0 Å². The van der Waals surface area contributed by atoms with Crippen molar-refractivity contribution in [3.05, 3.63) is 213 Å². The minimum Gasteiger partial charge on any atom is -0.507 e. The van der Waals surface area contributed by atoms with Crippen LogP contribution in [0.25, 0.3) is 48.0 Å². The van der Waals surface area contributed by atoms with E-state index in [-0.39, 0.29) is 5.75 Å². The van der Waals surface area contributed by atoms with Crippen molar-refractivity contribution in [3.8, 4) is 16.9 Å². The zero-order valence-electron chi connectivity index (χ0n) is 32.2. The normalized spacial score (nSPS) is 13.6. The van der Waals surface area contributed by atoms with E-state index in [0.29, 0.717) is 17.0 Å². The predicted molar refractivity (Wildman–Crippen MR) is 257 cm³/mol. The van der Waals surface area contributed by atoms with Crippen LogP contribution in [0.3, 0.4) is 0 Å². The molecule has 1 N–H and O–H groups in total. The summed E-state index contributed by atoms with van der Waals surface area (Å²) in [5.74, 6) is 1.42. The number of thiophene rings is 1. The van der Waals surface area contributed by atoms with Gasteiger partial charge in [0, 0.05) is 48.0 Å². The second-order valence-corrected chi connectivity index (χ2v) is 17.9. The van der Waals surface area contributed by atoms with Crippen molar-refractivity contribution < 1.29 is 9.52 Å². The Morgan fingerprint density at radius 1 is 0.644 bits per heavy atom. The van der Waals surface area contributed by atoms with E-state index in [1.165, 1.54) is 23.7 Å². The Hall–Kier alpha value is -6.55. The number of rotatable bonds is 7. The molecule has 3 heterocycles. The van der Waals surface area contributed by atoms with Gasteiger partial charge in [-0.1, -0.05) is 172 Å². The van der Waals surface area contributed by atoms with Crippen molar-refractivity contribution in [1.29, 1.82) is 0 Å². The third kappa shape index (κ3) is 6.96. The molecule has 7 aromatic carbocycles. The first kappa shape index (κ1) is 36.8. The molecule has 59 heavy (non-hydrogen) atoms. The van der Waals surface area contributed by atoms with Crippen LogP contribution in [0, 0.1) is 3.57 Å². The van der Waals surface area contributed by atoms with Crippen LogP contribution in [0.1, 0.15) is 47.4 Å². The fraction of sp³-hybridized carbons (Fsp3) is 0.0385. The molecule has 0 radical (unpaired) electrons. The molecule has 0 saturated heterocycles. The molecule has 7 heteroatoms. The summed E-state index contributed by atoms with van der Waals surface area (Å²) in [5, 5.41) is 15.8. The van der Waals surface area contributed by atoms with Gasteiger partial charge in [0.1, 0.15) is 20.7 Å². The molecule has 1 aliphatic heterocycles. The maximum atomic E-state index is 12.1. The van der Waals surface area contributed by atoms with Gasteiger partial charge in [-0.15, -0.1) is 11.3 Å². The van der Waals surface area contributed by atoms with Gasteiger partial charge in [0.25, 0.3) is 0 Å². The number of phenolic OH excluding ortho intramolecular Hbond substituents is 1. The quantitative estimate of drug-likeness (QED) is 0.0984. The molecule has 0 atom stereocenters. The summed E-state index contributed by atoms with van der Waals surface area (Å²) in [7, 11) is 0. The van der Waals surface area contributed by atoms with Gasteiger partial charge in [-0.3, -0.25) is 0 Å². The van der Waals surface area contributed by atoms with Crippen LogP contribution in [-0.4, -0.2) is 26.0 Å². The average Bonchev–Trinajstić information content (AvgIpc) is 3.86. The van der Waals surface area contributed by atoms with Gasteiger partial charge in [0.2, 0.25) is 0 Å². The first-order chi connectivity index (χ1) is 29.0. The molecule has 10 rings (SSSR count). The number of amidine groups is 1. The number of nitrogens with zero attached hydrogens (tertiary/aromatic N) is 3. The molecule has 0 amide bonds. The van der Waals surface area contributed by atoms with E-state index in [1.807, 2.05) is 98.8 Å². The van der Waals surface area contributed by atoms with E-state index in [4.69, 9.17) is 19.4 Å². The number of benzene rings is 7. The molecule has 1 aliphatic rings. The number of phenols is 1. The van der Waals surface area contributed by atoms with Gasteiger partial charge >= 0.3 is 0 Å². The lowest BCUT2D eigenvalue weighted by molar-refractivity contribution is 0.476. The average molecular weight is 894 g/mol. The van der Waals surface area contributed by atoms with E-state index >= 15 is 0 Å². The van der Waals surface area contributed by atoms with Crippen molar-refractivity contribution in [2.24, 2.45) is 15.0 Å². The Labute approximate surface area is 355 Å². The van der Waals surface area contributed by atoms with Crippen LogP contribution in [0.5, 0.6) is 5.75 Å². The highest BCUT2D eigenvalue weighted by Crippen LogP contribution is 2.39. The molecule has 0 unspecified atom stereocenters. The van der Waals surface area contributed by atoms with Gasteiger partial charge in [0.05, 0.1) is 14.8 Å². The monoisotopic (exact) mass is 893 g/mol. The smallest absolute Gasteiger partial charge is 0.167 e. The number of hydrogen-bond donors (Lipinski definition) is 1. The lowest BCUT2D eigenvalue weighted by atomic mass is 9.99. The van der Waals surface area contributed by atoms with Gasteiger partial charge < -0.3 is 9.52 Å². The summed E-state index contributed by atoms with van der Waals surface area (Å²) in [4.78, 5) is 15.6. The van der Waals surface area contributed by atoms with E-state index in [0.717, 1.165) is 65.3 Å². The number of aromatic hydroxyl groups is 1.